The van der Waals surface area contributed by atoms with Crippen molar-refractivity contribution in [1.82, 2.24) is 10.2 Å². The van der Waals surface area contributed by atoms with E-state index in [0.717, 1.165) is 4.90 Å². The maximum absolute atomic E-state index is 13.1. The van der Waals surface area contributed by atoms with Crippen molar-refractivity contribution in [2.45, 2.75) is 32.0 Å². The van der Waals surface area contributed by atoms with Crippen molar-refractivity contribution >= 4 is 29.3 Å². The number of imide groups is 1. The van der Waals surface area contributed by atoms with E-state index < -0.39 is 35.9 Å². The molecule has 8 heteroatoms. The van der Waals surface area contributed by atoms with Crippen molar-refractivity contribution in [3.8, 4) is 5.75 Å². The van der Waals surface area contributed by atoms with Crippen LogP contribution in [0.4, 0.5) is 10.5 Å². The molecule has 0 spiro atoms. The highest BCUT2D eigenvalue weighted by Gasteiger charge is 2.43. The zero-order valence-electron chi connectivity index (χ0n) is 16.8. The summed E-state index contributed by atoms with van der Waals surface area (Å²) >= 11 is 0. The summed E-state index contributed by atoms with van der Waals surface area (Å²) in [5.74, 6) is -0.614. The fourth-order valence-electron chi connectivity index (χ4n) is 3.76. The van der Waals surface area contributed by atoms with Crippen molar-refractivity contribution in [1.29, 1.82) is 0 Å². The number of Topliss-reactive ketones (excluding diaryl/α,β-unsaturated/α-hetero) is 1. The standard InChI is InChI=1S/C22H21N3O5/c1-12(25-21(28)18(23-22(25)29)14-7-5-4-6-8-14)19(26)15-9-10-17-16(11-15)24(3)20(27)13(2)30-17/h4-13,18H,1-3H3,(H,23,29). The lowest BCUT2D eigenvalue weighted by atomic mass is 10.0. The van der Waals surface area contributed by atoms with Crippen LogP contribution in [0.25, 0.3) is 0 Å². The van der Waals surface area contributed by atoms with E-state index in [2.05, 4.69) is 5.32 Å². The molecule has 0 bridgehead atoms. The number of hydrogen-bond donors (Lipinski definition) is 1. The number of amides is 4. The summed E-state index contributed by atoms with van der Waals surface area (Å²) in [6.07, 6.45) is -0.608. The van der Waals surface area contributed by atoms with Gasteiger partial charge in [-0.3, -0.25) is 19.3 Å². The van der Waals surface area contributed by atoms with Crippen molar-refractivity contribution in [3.05, 3.63) is 59.7 Å². The Balaban J connectivity index is 1.59. The summed E-state index contributed by atoms with van der Waals surface area (Å²) in [5.41, 5.74) is 1.40. The van der Waals surface area contributed by atoms with Gasteiger partial charge in [0, 0.05) is 12.6 Å². The van der Waals surface area contributed by atoms with Crippen LogP contribution in [0.3, 0.4) is 0 Å². The van der Waals surface area contributed by atoms with Gasteiger partial charge in [-0.2, -0.15) is 0 Å². The third-order valence-electron chi connectivity index (χ3n) is 5.46. The molecule has 0 radical (unpaired) electrons. The van der Waals surface area contributed by atoms with Crippen LogP contribution in [0.2, 0.25) is 0 Å². The topological polar surface area (TPSA) is 96.0 Å². The Hall–Kier alpha value is -3.68. The largest absolute Gasteiger partial charge is 0.479 e. The Labute approximate surface area is 173 Å². The normalized spacial score (nSPS) is 21.8. The first-order chi connectivity index (χ1) is 14.3. The maximum atomic E-state index is 13.1. The number of ether oxygens (including phenoxy) is 1. The van der Waals surface area contributed by atoms with E-state index in [1.807, 2.05) is 6.07 Å². The first-order valence-corrected chi connectivity index (χ1v) is 9.60. The number of rotatable bonds is 4. The molecule has 2 aliphatic heterocycles. The average molecular weight is 407 g/mol. The van der Waals surface area contributed by atoms with Gasteiger partial charge in [-0.1, -0.05) is 30.3 Å². The molecule has 0 aromatic heterocycles. The number of nitrogens with one attached hydrogen (secondary N) is 1. The quantitative estimate of drug-likeness (QED) is 0.620. The lowest BCUT2D eigenvalue weighted by Crippen LogP contribution is -2.44. The van der Waals surface area contributed by atoms with Gasteiger partial charge < -0.3 is 15.0 Å². The highest BCUT2D eigenvalue weighted by Crippen LogP contribution is 2.34. The minimum atomic E-state index is -1.01. The van der Waals surface area contributed by atoms with Gasteiger partial charge in [0.25, 0.3) is 11.8 Å². The Kier molecular flexibility index (Phi) is 4.77. The van der Waals surface area contributed by atoms with Gasteiger partial charge in [-0.05, 0) is 37.6 Å². The van der Waals surface area contributed by atoms with Gasteiger partial charge in [-0.25, -0.2) is 4.79 Å². The SMILES string of the molecule is CC1Oc2ccc(C(=O)C(C)N3C(=O)NC(c4ccccc4)C3=O)cc2N(C)C1=O. The third kappa shape index (κ3) is 3.10. The number of carbonyl (C=O) groups is 4. The highest BCUT2D eigenvalue weighted by molar-refractivity contribution is 6.11. The molecule has 4 rings (SSSR count). The second-order valence-corrected chi connectivity index (χ2v) is 7.38. The second kappa shape index (κ2) is 7.29. The number of fused-ring (bicyclic) bond motifs is 1. The minimum Gasteiger partial charge on any atom is -0.479 e. The van der Waals surface area contributed by atoms with Crippen LogP contribution in [-0.4, -0.2) is 47.7 Å². The molecule has 4 amide bonds. The average Bonchev–Trinajstić information content (AvgIpc) is 3.05. The smallest absolute Gasteiger partial charge is 0.325 e. The van der Waals surface area contributed by atoms with E-state index in [-0.39, 0.29) is 11.5 Å². The Morgan fingerprint density at radius 2 is 1.77 bits per heavy atom. The summed E-state index contributed by atoms with van der Waals surface area (Å²) in [4.78, 5) is 53.0. The molecule has 0 saturated carbocycles. The first kappa shape index (κ1) is 19.6. The van der Waals surface area contributed by atoms with E-state index >= 15 is 0 Å². The van der Waals surface area contributed by atoms with E-state index in [9.17, 15) is 19.2 Å². The number of urea groups is 1. The molecule has 30 heavy (non-hydrogen) atoms. The third-order valence-corrected chi connectivity index (χ3v) is 5.46. The van der Waals surface area contributed by atoms with Crippen molar-refractivity contribution in [2.75, 3.05) is 11.9 Å². The summed E-state index contributed by atoms with van der Waals surface area (Å²) in [5, 5.41) is 2.64. The van der Waals surface area contributed by atoms with Crippen molar-refractivity contribution in [2.24, 2.45) is 0 Å². The van der Waals surface area contributed by atoms with Crippen LogP contribution >= 0.6 is 0 Å². The number of anilines is 1. The van der Waals surface area contributed by atoms with Gasteiger partial charge in [0.2, 0.25) is 0 Å². The molecule has 2 heterocycles. The number of ketones is 1. The van der Waals surface area contributed by atoms with Gasteiger partial charge in [0.15, 0.2) is 11.9 Å². The van der Waals surface area contributed by atoms with Gasteiger partial charge in [0.05, 0.1) is 5.69 Å². The molecule has 154 valence electrons. The first-order valence-electron chi connectivity index (χ1n) is 9.60. The maximum Gasteiger partial charge on any atom is 0.325 e. The predicted octanol–water partition coefficient (Wildman–Crippen LogP) is 2.29. The van der Waals surface area contributed by atoms with Gasteiger partial charge in [-0.15, -0.1) is 0 Å². The summed E-state index contributed by atoms with van der Waals surface area (Å²) < 4.78 is 5.58. The zero-order valence-corrected chi connectivity index (χ0v) is 16.8. The number of likely N-dealkylation sites (N-methyl/N-ethyl adjacent to an activating group) is 1. The van der Waals surface area contributed by atoms with Crippen LogP contribution < -0.4 is 15.0 Å². The molecule has 3 atom stereocenters. The molecule has 0 aliphatic carbocycles. The fraction of sp³-hybridized carbons (Fsp3) is 0.273. The van der Waals surface area contributed by atoms with Crippen molar-refractivity contribution < 1.29 is 23.9 Å². The van der Waals surface area contributed by atoms with Crippen molar-refractivity contribution in [3.63, 3.8) is 0 Å². The molecule has 2 aromatic rings. The molecule has 2 aliphatic rings. The summed E-state index contributed by atoms with van der Waals surface area (Å²) in [6.45, 7) is 3.17. The van der Waals surface area contributed by atoms with E-state index in [1.54, 1.807) is 56.4 Å². The Morgan fingerprint density at radius 3 is 2.47 bits per heavy atom. The molecular weight excluding hydrogens is 386 g/mol. The lowest BCUT2D eigenvalue weighted by Gasteiger charge is -2.30. The number of nitrogens with zero attached hydrogens (tertiary/aromatic N) is 2. The molecule has 1 N–H and O–H groups in total. The molecule has 1 fully saturated rings. The molecule has 1 saturated heterocycles. The number of hydrogen-bond acceptors (Lipinski definition) is 5. The Bertz CT molecular complexity index is 1050. The van der Waals surface area contributed by atoms with E-state index in [1.165, 1.54) is 11.8 Å². The molecular formula is C22H21N3O5. The van der Waals surface area contributed by atoms with Crippen LogP contribution in [0.1, 0.15) is 35.8 Å². The van der Waals surface area contributed by atoms with Crippen LogP contribution in [0, 0.1) is 0 Å². The number of benzene rings is 2. The monoisotopic (exact) mass is 407 g/mol. The Morgan fingerprint density at radius 1 is 1.07 bits per heavy atom. The zero-order chi connectivity index (χ0) is 21.6. The fourth-order valence-corrected chi connectivity index (χ4v) is 3.76. The predicted molar refractivity (Wildman–Crippen MR) is 108 cm³/mol. The molecule has 2 aromatic carbocycles. The summed E-state index contributed by atoms with van der Waals surface area (Å²) in [6, 6.07) is 11.2. The minimum absolute atomic E-state index is 0.222. The lowest BCUT2D eigenvalue weighted by molar-refractivity contribution is -0.128. The van der Waals surface area contributed by atoms with Gasteiger partial charge in [0.1, 0.15) is 17.8 Å². The highest BCUT2D eigenvalue weighted by atomic mass is 16.5. The van der Waals surface area contributed by atoms with Crippen LogP contribution in [0.15, 0.2) is 48.5 Å². The summed E-state index contributed by atoms with van der Waals surface area (Å²) in [7, 11) is 1.61. The second-order valence-electron chi connectivity index (χ2n) is 7.38. The van der Waals surface area contributed by atoms with Crippen LogP contribution in [-0.2, 0) is 9.59 Å². The molecule has 3 unspecified atom stereocenters. The van der Waals surface area contributed by atoms with E-state index in [4.69, 9.17) is 4.74 Å². The van der Waals surface area contributed by atoms with Crippen LogP contribution in [0.5, 0.6) is 5.75 Å². The number of carbonyl (C=O) groups excluding carboxylic acids is 4. The van der Waals surface area contributed by atoms with E-state index in [0.29, 0.717) is 17.0 Å². The van der Waals surface area contributed by atoms with Gasteiger partial charge >= 0.3 is 6.03 Å². The molecule has 8 nitrogen and oxygen atoms in total.